The first-order valence-corrected chi connectivity index (χ1v) is 26.8. The molecule has 0 spiro atoms. The van der Waals surface area contributed by atoms with Gasteiger partial charge in [0.2, 0.25) is 0 Å². The standard InChI is InChI=1S/C61H82F2O4/c1-3-5-7-9-11-17-21-25-41-65-59-39-34-50(47-57(59)62)30-29-49-31-36-53(37-32-51-35-40-60(58(63)48-51)66-42-26-22-18-12-10-8-6-4-2)54(44-49)28-24-20-16-14-13-15-19-23-27-43-67-61(64)56-46-52-33-38-55(56)45-52/h31,33-36,38-40,44,47-48,52,55-56H,3-28,41-43,45-46H2,1-2H3. The van der Waals surface area contributed by atoms with Crippen molar-refractivity contribution in [3.63, 3.8) is 0 Å². The smallest absolute Gasteiger partial charge is 0.309 e. The molecule has 3 unspecified atom stereocenters. The second-order valence-electron chi connectivity index (χ2n) is 19.3. The van der Waals surface area contributed by atoms with Gasteiger partial charge in [-0.25, -0.2) is 8.78 Å². The number of unbranched alkanes of at least 4 members (excludes halogenated alkanes) is 22. The van der Waals surface area contributed by atoms with Crippen molar-refractivity contribution in [2.45, 2.75) is 194 Å². The molecule has 1 fully saturated rings. The molecular weight excluding hydrogens is 835 g/mol. The van der Waals surface area contributed by atoms with Gasteiger partial charge in [0.05, 0.1) is 25.7 Å². The van der Waals surface area contributed by atoms with Crippen LogP contribution in [0.25, 0.3) is 0 Å². The number of esters is 1. The predicted molar refractivity (Wildman–Crippen MR) is 272 cm³/mol. The molecule has 0 N–H and O–H groups in total. The van der Waals surface area contributed by atoms with Crippen LogP contribution < -0.4 is 9.47 Å². The minimum atomic E-state index is -0.390. The molecule has 4 nitrogen and oxygen atoms in total. The van der Waals surface area contributed by atoms with Crippen LogP contribution in [-0.4, -0.2) is 25.8 Å². The molecule has 5 rings (SSSR count). The SMILES string of the molecule is CCCCCCCCCCOc1ccc(C#Cc2ccc(C#Cc3ccc(OCCCCCCCCCC)c(F)c3)c(CCCCCCCCCCCOC(=O)C3CC4C=CC3C4)c2)cc1F. The minimum Gasteiger partial charge on any atom is -0.491 e. The van der Waals surface area contributed by atoms with Crippen molar-refractivity contribution in [1.29, 1.82) is 0 Å². The third kappa shape index (κ3) is 20.7. The molecule has 0 amide bonds. The fourth-order valence-electron chi connectivity index (χ4n) is 9.50. The number of carbonyl (C=O) groups excluding carboxylic acids is 1. The topological polar surface area (TPSA) is 44.8 Å². The van der Waals surface area contributed by atoms with Gasteiger partial charge < -0.3 is 14.2 Å². The molecule has 0 saturated heterocycles. The molecule has 6 heteroatoms. The monoisotopic (exact) mass is 917 g/mol. The highest BCUT2D eigenvalue weighted by Gasteiger charge is 2.40. The van der Waals surface area contributed by atoms with Crippen molar-refractivity contribution in [1.82, 2.24) is 0 Å². The zero-order valence-electron chi connectivity index (χ0n) is 41.4. The molecule has 1 saturated carbocycles. The Bertz CT molecular complexity index is 2050. The van der Waals surface area contributed by atoms with Crippen LogP contribution in [-0.2, 0) is 16.0 Å². The van der Waals surface area contributed by atoms with E-state index in [2.05, 4.69) is 55.7 Å². The van der Waals surface area contributed by atoms with Crippen molar-refractivity contribution >= 4 is 5.97 Å². The number of allylic oxidation sites excluding steroid dienone is 2. The van der Waals surface area contributed by atoms with Crippen molar-refractivity contribution in [2.75, 3.05) is 19.8 Å². The number of halogens is 2. The maximum Gasteiger partial charge on any atom is 0.309 e. The average Bonchev–Trinajstić information content (AvgIpc) is 3.98. The molecule has 0 radical (unpaired) electrons. The summed E-state index contributed by atoms with van der Waals surface area (Å²) in [5.74, 6) is 13.8. The molecule has 2 aliphatic rings. The fraction of sp³-hybridized carbons (Fsp3) is 0.590. The summed E-state index contributed by atoms with van der Waals surface area (Å²) < 4.78 is 47.3. The lowest BCUT2D eigenvalue weighted by molar-refractivity contribution is -0.149. The molecule has 2 bridgehead atoms. The molecule has 3 atom stereocenters. The highest BCUT2D eigenvalue weighted by Crippen LogP contribution is 2.44. The highest BCUT2D eigenvalue weighted by molar-refractivity contribution is 5.74. The maximum atomic E-state index is 15.1. The lowest BCUT2D eigenvalue weighted by atomic mass is 9.94. The van der Waals surface area contributed by atoms with E-state index in [1.807, 2.05) is 24.3 Å². The first-order valence-electron chi connectivity index (χ1n) is 26.8. The van der Waals surface area contributed by atoms with E-state index in [-0.39, 0.29) is 29.2 Å². The third-order valence-corrected chi connectivity index (χ3v) is 13.6. The number of benzene rings is 3. The summed E-state index contributed by atoms with van der Waals surface area (Å²) in [6.45, 7) is 6.06. The van der Waals surface area contributed by atoms with Crippen LogP contribution >= 0.6 is 0 Å². The normalized spacial score (nSPS) is 15.8. The summed E-state index contributed by atoms with van der Waals surface area (Å²) >= 11 is 0. The van der Waals surface area contributed by atoms with Crippen LogP contribution in [0.4, 0.5) is 8.78 Å². The van der Waals surface area contributed by atoms with Crippen molar-refractivity contribution in [3.8, 4) is 35.2 Å². The zero-order chi connectivity index (χ0) is 47.2. The second kappa shape index (κ2) is 32.2. The Morgan fingerprint density at radius 3 is 1.43 bits per heavy atom. The van der Waals surface area contributed by atoms with Crippen LogP contribution in [0.15, 0.2) is 66.7 Å². The maximum absolute atomic E-state index is 15.1. The largest absolute Gasteiger partial charge is 0.491 e. The van der Waals surface area contributed by atoms with Crippen molar-refractivity contribution < 1.29 is 27.8 Å². The van der Waals surface area contributed by atoms with Gasteiger partial charge in [0, 0.05) is 22.3 Å². The minimum absolute atomic E-state index is 0.0126. The van der Waals surface area contributed by atoms with Gasteiger partial charge in [-0.3, -0.25) is 4.79 Å². The molecule has 364 valence electrons. The van der Waals surface area contributed by atoms with E-state index in [1.165, 1.54) is 121 Å². The molecule has 2 aliphatic carbocycles. The number of fused-ring (bicyclic) bond motifs is 2. The van der Waals surface area contributed by atoms with Crippen LogP contribution in [0.3, 0.4) is 0 Å². The van der Waals surface area contributed by atoms with E-state index in [0.29, 0.717) is 42.8 Å². The van der Waals surface area contributed by atoms with E-state index >= 15 is 8.78 Å². The lowest BCUT2D eigenvalue weighted by Crippen LogP contribution is -2.21. The number of carbonyl (C=O) groups is 1. The van der Waals surface area contributed by atoms with Gasteiger partial charge in [-0.2, -0.15) is 0 Å². The molecule has 67 heavy (non-hydrogen) atoms. The molecule has 0 aromatic heterocycles. The Hall–Kier alpha value is -4.55. The second-order valence-corrected chi connectivity index (χ2v) is 19.3. The van der Waals surface area contributed by atoms with Crippen LogP contribution in [0.5, 0.6) is 11.5 Å². The van der Waals surface area contributed by atoms with Gasteiger partial charge in [0.25, 0.3) is 0 Å². The van der Waals surface area contributed by atoms with E-state index in [4.69, 9.17) is 14.2 Å². The highest BCUT2D eigenvalue weighted by atomic mass is 19.1. The Morgan fingerprint density at radius 2 is 0.955 bits per heavy atom. The van der Waals surface area contributed by atoms with Gasteiger partial charge in [-0.15, -0.1) is 0 Å². The van der Waals surface area contributed by atoms with E-state index in [1.54, 1.807) is 12.1 Å². The quantitative estimate of drug-likeness (QED) is 0.0264. The Labute approximate surface area is 404 Å². The van der Waals surface area contributed by atoms with E-state index in [9.17, 15) is 4.79 Å². The van der Waals surface area contributed by atoms with E-state index in [0.717, 1.165) is 87.3 Å². The number of hydrogen-bond acceptors (Lipinski definition) is 4. The van der Waals surface area contributed by atoms with Crippen LogP contribution in [0.1, 0.15) is 215 Å². The predicted octanol–water partition coefficient (Wildman–Crippen LogP) is 16.6. The van der Waals surface area contributed by atoms with Crippen LogP contribution in [0, 0.1) is 53.1 Å². The summed E-state index contributed by atoms with van der Waals surface area (Å²) in [4.78, 5) is 12.5. The van der Waals surface area contributed by atoms with Gasteiger partial charge in [0.15, 0.2) is 23.1 Å². The number of hydrogen-bond donors (Lipinski definition) is 0. The number of rotatable bonds is 33. The Kier molecular flexibility index (Phi) is 25.7. The first kappa shape index (κ1) is 53.4. The third-order valence-electron chi connectivity index (χ3n) is 13.6. The Balaban J connectivity index is 1.08. The molecule has 0 aliphatic heterocycles. The van der Waals surface area contributed by atoms with Gasteiger partial charge in [0.1, 0.15) is 0 Å². The molecule has 3 aromatic rings. The summed E-state index contributed by atoms with van der Waals surface area (Å²) in [6, 6.07) is 16.0. The summed E-state index contributed by atoms with van der Waals surface area (Å²) in [5, 5.41) is 0. The Morgan fingerprint density at radius 1 is 0.507 bits per heavy atom. The van der Waals surface area contributed by atoms with Gasteiger partial charge in [-0.1, -0.05) is 185 Å². The zero-order valence-corrected chi connectivity index (χ0v) is 41.4. The lowest BCUT2D eigenvalue weighted by Gasteiger charge is -2.16. The van der Waals surface area contributed by atoms with E-state index < -0.39 is 5.82 Å². The summed E-state index contributed by atoms with van der Waals surface area (Å²) in [5.41, 5.74) is 4.06. The van der Waals surface area contributed by atoms with Crippen molar-refractivity contribution in [2.24, 2.45) is 17.8 Å². The number of ether oxygens (including phenoxy) is 3. The molecule has 0 heterocycles. The molecule has 3 aromatic carbocycles. The average molecular weight is 917 g/mol. The van der Waals surface area contributed by atoms with Crippen molar-refractivity contribution in [3.05, 3.63) is 106 Å². The number of aryl methyl sites for hydroxylation is 1. The van der Waals surface area contributed by atoms with Gasteiger partial charge in [-0.05, 0) is 117 Å². The first-order chi connectivity index (χ1) is 32.9. The fourth-order valence-corrected chi connectivity index (χ4v) is 9.50. The molecular formula is C61H82F2O4. The van der Waals surface area contributed by atoms with Crippen LogP contribution in [0.2, 0.25) is 0 Å². The van der Waals surface area contributed by atoms with Gasteiger partial charge >= 0.3 is 5.97 Å². The summed E-state index contributed by atoms with van der Waals surface area (Å²) in [6.07, 6.45) is 36.9. The summed E-state index contributed by atoms with van der Waals surface area (Å²) in [7, 11) is 0.